The first-order chi connectivity index (χ1) is 9.47. The molecular formula is C15H19ClFN3. The van der Waals surface area contributed by atoms with Crippen molar-refractivity contribution in [1.29, 1.82) is 0 Å². The van der Waals surface area contributed by atoms with Crippen LogP contribution in [0.3, 0.4) is 0 Å². The van der Waals surface area contributed by atoms with Crippen LogP contribution in [0, 0.1) is 5.82 Å². The van der Waals surface area contributed by atoms with Crippen LogP contribution in [0.15, 0.2) is 30.5 Å². The van der Waals surface area contributed by atoms with E-state index < -0.39 is 0 Å². The summed E-state index contributed by atoms with van der Waals surface area (Å²) in [6, 6.07) is 7.09. The number of hydrogen-bond donors (Lipinski definition) is 1. The molecule has 0 amide bonds. The van der Waals surface area contributed by atoms with Gasteiger partial charge in [0.25, 0.3) is 0 Å². The van der Waals surface area contributed by atoms with Gasteiger partial charge in [-0.15, -0.1) is 0 Å². The van der Waals surface area contributed by atoms with Gasteiger partial charge in [-0.2, -0.15) is 5.10 Å². The monoisotopic (exact) mass is 295 g/mol. The van der Waals surface area contributed by atoms with Gasteiger partial charge in [0.1, 0.15) is 5.82 Å². The lowest BCUT2D eigenvalue weighted by Crippen LogP contribution is -2.26. The Morgan fingerprint density at radius 3 is 2.70 bits per heavy atom. The van der Waals surface area contributed by atoms with E-state index in [0.29, 0.717) is 24.4 Å². The van der Waals surface area contributed by atoms with Gasteiger partial charge in [-0.3, -0.25) is 4.68 Å². The number of aromatic nitrogens is 2. The van der Waals surface area contributed by atoms with Gasteiger partial charge in [-0.25, -0.2) is 4.39 Å². The van der Waals surface area contributed by atoms with Crippen molar-refractivity contribution < 1.29 is 4.39 Å². The molecule has 0 bridgehead atoms. The maximum absolute atomic E-state index is 13.8. The van der Waals surface area contributed by atoms with Crippen molar-refractivity contribution in [3.63, 3.8) is 0 Å². The Bertz CT molecular complexity index is 580. The van der Waals surface area contributed by atoms with Crippen molar-refractivity contribution >= 4 is 11.6 Å². The summed E-state index contributed by atoms with van der Waals surface area (Å²) in [5, 5.41) is 4.59. The molecule has 1 heterocycles. The summed E-state index contributed by atoms with van der Waals surface area (Å²) >= 11 is 5.76. The van der Waals surface area contributed by atoms with Crippen LogP contribution in [0.4, 0.5) is 4.39 Å². The first-order valence-corrected chi connectivity index (χ1v) is 7.07. The number of nitrogens with zero attached hydrogens (tertiary/aromatic N) is 2. The van der Waals surface area contributed by atoms with Crippen LogP contribution in [0.25, 0.3) is 0 Å². The second kappa shape index (κ2) is 6.37. The number of rotatable bonds is 5. The van der Waals surface area contributed by atoms with Gasteiger partial charge in [0.15, 0.2) is 0 Å². The summed E-state index contributed by atoms with van der Waals surface area (Å²) in [7, 11) is 0. The van der Waals surface area contributed by atoms with Gasteiger partial charge in [0.05, 0.1) is 10.7 Å². The van der Waals surface area contributed by atoms with E-state index in [1.54, 1.807) is 12.1 Å². The van der Waals surface area contributed by atoms with Crippen molar-refractivity contribution in [2.24, 2.45) is 5.73 Å². The fourth-order valence-corrected chi connectivity index (χ4v) is 2.30. The van der Waals surface area contributed by atoms with Gasteiger partial charge >= 0.3 is 0 Å². The zero-order chi connectivity index (χ0) is 14.7. The van der Waals surface area contributed by atoms with Crippen molar-refractivity contribution in [1.82, 2.24) is 9.78 Å². The Balaban J connectivity index is 2.01. The molecule has 0 spiro atoms. The van der Waals surface area contributed by atoms with E-state index in [1.807, 2.05) is 16.9 Å². The minimum Gasteiger partial charge on any atom is -0.327 e. The quantitative estimate of drug-likeness (QED) is 0.919. The number of halogens is 2. The third kappa shape index (κ3) is 3.58. The maximum Gasteiger partial charge on any atom is 0.145 e. The maximum atomic E-state index is 13.8. The Morgan fingerprint density at radius 2 is 2.05 bits per heavy atom. The largest absolute Gasteiger partial charge is 0.327 e. The topological polar surface area (TPSA) is 43.8 Å². The van der Waals surface area contributed by atoms with Crippen LogP contribution in [0.5, 0.6) is 0 Å². The molecule has 0 aliphatic heterocycles. The van der Waals surface area contributed by atoms with Gasteiger partial charge in [0, 0.05) is 24.7 Å². The highest BCUT2D eigenvalue weighted by molar-refractivity contribution is 6.30. The van der Waals surface area contributed by atoms with Crippen LogP contribution in [-0.2, 0) is 12.8 Å². The Morgan fingerprint density at radius 1 is 1.30 bits per heavy atom. The van der Waals surface area contributed by atoms with Crippen LogP contribution >= 0.6 is 11.6 Å². The molecule has 1 aromatic carbocycles. The molecule has 2 aromatic rings. The van der Waals surface area contributed by atoms with Crippen LogP contribution in [0.2, 0.25) is 5.02 Å². The zero-order valence-corrected chi connectivity index (χ0v) is 12.4. The molecule has 2 N–H and O–H groups in total. The molecule has 0 radical (unpaired) electrons. The van der Waals surface area contributed by atoms with Gasteiger partial charge in [0.2, 0.25) is 0 Å². The predicted octanol–water partition coefficient (Wildman–Crippen LogP) is 3.37. The van der Waals surface area contributed by atoms with E-state index in [9.17, 15) is 4.39 Å². The van der Waals surface area contributed by atoms with E-state index in [1.165, 1.54) is 6.07 Å². The standard InChI is InChI=1S/C15H19ClFN3/c1-10(2)20-7-6-13(19-20)9-12(18)8-11-4-3-5-14(16)15(11)17/h3-7,10,12H,8-9,18H2,1-2H3. The average Bonchev–Trinajstić information content (AvgIpc) is 2.83. The minimum atomic E-state index is -0.377. The van der Waals surface area contributed by atoms with Crippen LogP contribution in [-0.4, -0.2) is 15.8 Å². The van der Waals surface area contributed by atoms with Gasteiger partial charge < -0.3 is 5.73 Å². The van der Waals surface area contributed by atoms with Gasteiger partial charge in [-0.05, 0) is 38.0 Å². The average molecular weight is 296 g/mol. The highest BCUT2D eigenvalue weighted by Crippen LogP contribution is 2.19. The fourth-order valence-electron chi connectivity index (χ4n) is 2.10. The normalized spacial score (nSPS) is 12.9. The van der Waals surface area contributed by atoms with Gasteiger partial charge in [-0.1, -0.05) is 23.7 Å². The smallest absolute Gasteiger partial charge is 0.145 e. The Kier molecular flexibility index (Phi) is 4.78. The van der Waals surface area contributed by atoms with Crippen molar-refractivity contribution in [3.8, 4) is 0 Å². The Labute approximate surface area is 123 Å². The molecule has 20 heavy (non-hydrogen) atoms. The molecule has 2 rings (SSSR count). The zero-order valence-electron chi connectivity index (χ0n) is 11.7. The lowest BCUT2D eigenvalue weighted by molar-refractivity contribution is 0.519. The molecule has 108 valence electrons. The van der Waals surface area contributed by atoms with Crippen molar-refractivity contribution in [2.75, 3.05) is 0 Å². The molecule has 1 aromatic heterocycles. The summed E-state index contributed by atoms with van der Waals surface area (Å²) in [5.74, 6) is -0.377. The van der Waals surface area contributed by atoms with Crippen molar-refractivity contribution in [3.05, 3.63) is 52.6 Å². The molecule has 0 saturated carbocycles. The first kappa shape index (κ1) is 15.0. The molecule has 0 aliphatic carbocycles. The lowest BCUT2D eigenvalue weighted by atomic mass is 10.0. The molecular weight excluding hydrogens is 277 g/mol. The third-order valence-electron chi connectivity index (χ3n) is 3.18. The highest BCUT2D eigenvalue weighted by atomic mass is 35.5. The summed E-state index contributed by atoms with van der Waals surface area (Å²) in [4.78, 5) is 0. The van der Waals surface area contributed by atoms with E-state index in [-0.39, 0.29) is 16.9 Å². The summed E-state index contributed by atoms with van der Waals surface area (Å²) < 4.78 is 15.7. The molecule has 1 atom stereocenters. The molecule has 0 saturated heterocycles. The van der Waals surface area contributed by atoms with Crippen LogP contribution in [0.1, 0.15) is 31.1 Å². The second-order valence-corrected chi connectivity index (χ2v) is 5.67. The summed E-state index contributed by atoms with van der Waals surface area (Å²) in [5.41, 5.74) is 7.56. The fraction of sp³-hybridized carbons (Fsp3) is 0.400. The molecule has 0 aliphatic rings. The van der Waals surface area contributed by atoms with E-state index in [0.717, 1.165) is 5.69 Å². The lowest BCUT2D eigenvalue weighted by Gasteiger charge is -2.11. The van der Waals surface area contributed by atoms with Crippen LogP contribution < -0.4 is 5.73 Å². The minimum absolute atomic E-state index is 0.138. The Hall–Kier alpha value is -1.39. The second-order valence-electron chi connectivity index (χ2n) is 5.26. The number of nitrogens with two attached hydrogens (primary N) is 1. The highest BCUT2D eigenvalue weighted by Gasteiger charge is 2.13. The van der Waals surface area contributed by atoms with E-state index >= 15 is 0 Å². The summed E-state index contributed by atoms with van der Waals surface area (Å²) in [6.07, 6.45) is 3.00. The third-order valence-corrected chi connectivity index (χ3v) is 3.47. The van der Waals surface area contributed by atoms with E-state index in [2.05, 4.69) is 18.9 Å². The summed E-state index contributed by atoms with van der Waals surface area (Å²) in [6.45, 7) is 4.14. The molecule has 1 unspecified atom stereocenters. The SMILES string of the molecule is CC(C)n1ccc(CC(N)Cc2cccc(Cl)c2F)n1. The molecule has 0 fully saturated rings. The number of hydrogen-bond acceptors (Lipinski definition) is 2. The predicted molar refractivity (Wildman–Crippen MR) is 79.4 cm³/mol. The first-order valence-electron chi connectivity index (χ1n) is 6.70. The number of benzene rings is 1. The van der Waals surface area contributed by atoms with Crippen molar-refractivity contribution in [2.45, 2.75) is 38.8 Å². The molecule has 3 nitrogen and oxygen atoms in total. The molecule has 5 heteroatoms. The van der Waals surface area contributed by atoms with E-state index in [4.69, 9.17) is 17.3 Å².